The van der Waals surface area contributed by atoms with Gasteiger partial charge in [0.1, 0.15) is 5.69 Å². The van der Waals surface area contributed by atoms with Crippen molar-refractivity contribution in [2.45, 2.75) is 44.2 Å². The molecule has 3 heterocycles. The summed E-state index contributed by atoms with van der Waals surface area (Å²) in [6.07, 6.45) is 7.53. The van der Waals surface area contributed by atoms with E-state index in [1.807, 2.05) is 28.0 Å². The molecule has 1 aromatic heterocycles. The van der Waals surface area contributed by atoms with Gasteiger partial charge in [-0.3, -0.25) is 14.6 Å². The second-order valence-corrected chi connectivity index (χ2v) is 7.33. The molecule has 0 spiro atoms. The number of hydrogen-bond acceptors (Lipinski definition) is 4. The van der Waals surface area contributed by atoms with Crippen molar-refractivity contribution in [2.75, 3.05) is 13.1 Å². The van der Waals surface area contributed by atoms with Crippen molar-refractivity contribution in [3.05, 3.63) is 60.2 Å². The predicted octanol–water partition coefficient (Wildman–Crippen LogP) is 2.49. The fraction of sp³-hybridized carbons (Fsp3) is 0.429. The Bertz CT molecular complexity index is 811. The molecule has 1 aromatic carbocycles. The molecule has 0 aliphatic carbocycles. The molecule has 2 amide bonds. The van der Waals surface area contributed by atoms with Gasteiger partial charge in [0.2, 0.25) is 5.91 Å². The fourth-order valence-electron chi connectivity index (χ4n) is 4.60. The quantitative estimate of drug-likeness (QED) is 0.821. The monoisotopic (exact) mass is 364 g/mol. The Morgan fingerprint density at radius 1 is 1.07 bits per heavy atom. The van der Waals surface area contributed by atoms with E-state index in [9.17, 15) is 9.59 Å². The summed E-state index contributed by atoms with van der Waals surface area (Å²) < 4.78 is 0. The Balaban J connectivity index is 1.74. The van der Waals surface area contributed by atoms with Crippen LogP contribution >= 0.6 is 0 Å². The molecular weight excluding hydrogens is 340 g/mol. The molecule has 0 saturated carbocycles. The summed E-state index contributed by atoms with van der Waals surface area (Å²) in [4.78, 5) is 37.8. The first-order valence-electron chi connectivity index (χ1n) is 9.56. The van der Waals surface area contributed by atoms with Gasteiger partial charge < -0.3 is 9.80 Å². The first kappa shape index (κ1) is 17.6. The Kier molecular flexibility index (Phi) is 4.88. The molecule has 0 bridgehead atoms. The van der Waals surface area contributed by atoms with Crippen molar-refractivity contribution in [1.29, 1.82) is 0 Å². The van der Waals surface area contributed by atoms with E-state index in [0.717, 1.165) is 25.8 Å². The van der Waals surface area contributed by atoms with Gasteiger partial charge in [-0.25, -0.2) is 4.98 Å². The lowest BCUT2D eigenvalue weighted by Crippen LogP contribution is -2.48. The van der Waals surface area contributed by atoms with E-state index >= 15 is 0 Å². The molecule has 4 rings (SSSR count). The van der Waals surface area contributed by atoms with Crippen LogP contribution in [0.1, 0.15) is 48.2 Å². The number of fused-ring (bicyclic) bond motifs is 1. The number of likely N-dealkylation sites (tertiary alicyclic amines) is 2. The molecule has 0 N–H and O–H groups in total. The van der Waals surface area contributed by atoms with Crippen LogP contribution in [0.3, 0.4) is 0 Å². The van der Waals surface area contributed by atoms with Crippen molar-refractivity contribution in [2.24, 2.45) is 0 Å². The van der Waals surface area contributed by atoms with Crippen LogP contribution in [0.5, 0.6) is 0 Å². The topological polar surface area (TPSA) is 66.4 Å². The van der Waals surface area contributed by atoms with Gasteiger partial charge in [0.05, 0.1) is 18.3 Å². The van der Waals surface area contributed by atoms with Crippen LogP contribution in [0.4, 0.5) is 0 Å². The highest BCUT2D eigenvalue weighted by molar-refractivity contribution is 5.92. The maximum Gasteiger partial charge on any atom is 0.274 e. The van der Waals surface area contributed by atoms with Crippen LogP contribution in [0, 0.1) is 0 Å². The molecule has 2 aliphatic heterocycles. The maximum atomic E-state index is 13.2. The fourth-order valence-corrected chi connectivity index (χ4v) is 4.60. The molecule has 2 aromatic rings. The first-order chi connectivity index (χ1) is 13.2. The number of benzene rings is 1. The van der Waals surface area contributed by atoms with E-state index in [4.69, 9.17) is 0 Å². The predicted molar refractivity (Wildman–Crippen MR) is 101 cm³/mol. The third kappa shape index (κ3) is 3.31. The zero-order valence-electron chi connectivity index (χ0n) is 15.5. The number of rotatable bonds is 2. The summed E-state index contributed by atoms with van der Waals surface area (Å²) in [5, 5.41) is 0. The second-order valence-electron chi connectivity index (χ2n) is 7.33. The molecule has 0 radical (unpaired) electrons. The third-order valence-electron chi connectivity index (χ3n) is 5.78. The Labute approximate surface area is 159 Å². The minimum absolute atomic E-state index is 0.00743. The molecule has 3 atom stereocenters. The maximum absolute atomic E-state index is 13.2. The van der Waals surface area contributed by atoms with Crippen molar-refractivity contribution in [1.82, 2.24) is 19.8 Å². The number of carbonyl (C=O) groups is 2. The second kappa shape index (κ2) is 7.47. The van der Waals surface area contributed by atoms with Gasteiger partial charge in [-0.1, -0.05) is 30.3 Å². The number of hydrogen-bond donors (Lipinski definition) is 0. The Morgan fingerprint density at radius 2 is 1.89 bits per heavy atom. The summed E-state index contributed by atoms with van der Waals surface area (Å²) in [6.45, 7) is 2.99. The van der Waals surface area contributed by atoms with Gasteiger partial charge in [-0.2, -0.15) is 0 Å². The van der Waals surface area contributed by atoms with Crippen LogP contribution in [0.15, 0.2) is 48.9 Å². The summed E-state index contributed by atoms with van der Waals surface area (Å²) in [5.41, 5.74) is 1.54. The molecule has 2 fully saturated rings. The summed E-state index contributed by atoms with van der Waals surface area (Å²) in [7, 11) is 0. The van der Waals surface area contributed by atoms with Gasteiger partial charge in [0, 0.05) is 38.3 Å². The van der Waals surface area contributed by atoms with Gasteiger partial charge in [-0.05, 0) is 24.8 Å². The third-order valence-corrected chi connectivity index (χ3v) is 5.78. The standard InChI is InChI=1S/C21H24N4O2/c1-15(26)24-12-6-5-9-19-20(24)17(16-7-3-2-4-8-16)14-25(19)21(27)18-13-22-10-11-23-18/h2-4,7-8,10-11,13,17,19-20H,5-6,9,12,14H2,1H3/t17-,19-,20-/m0/s1. The van der Waals surface area contributed by atoms with Gasteiger partial charge in [-0.15, -0.1) is 0 Å². The lowest BCUT2D eigenvalue weighted by Gasteiger charge is -2.34. The molecule has 6 heteroatoms. The Hall–Kier alpha value is -2.76. The van der Waals surface area contributed by atoms with Crippen molar-refractivity contribution in [3.63, 3.8) is 0 Å². The number of carbonyl (C=O) groups excluding carboxylic acids is 2. The van der Waals surface area contributed by atoms with E-state index in [2.05, 4.69) is 22.1 Å². The summed E-state index contributed by atoms with van der Waals surface area (Å²) in [5.74, 6) is 0.0994. The van der Waals surface area contributed by atoms with Crippen molar-refractivity contribution < 1.29 is 9.59 Å². The smallest absolute Gasteiger partial charge is 0.274 e. The molecule has 0 unspecified atom stereocenters. The van der Waals surface area contributed by atoms with E-state index in [1.165, 1.54) is 11.8 Å². The van der Waals surface area contributed by atoms with Crippen molar-refractivity contribution in [3.8, 4) is 0 Å². The highest BCUT2D eigenvalue weighted by atomic mass is 16.2. The van der Waals surface area contributed by atoms with Crippen LogP contribution in [-0.2, 0) is 4.79 Å². The highest BCUT2D eigenvalue weighted by Gasteiger charge is 2.48. The highest BCUT2D eigenvalue weighted by Crippen LogP contribution is 2.40. The number of aromatic nitrogens is 2. The minimum atomic E-state index is -0.0954. The van der Waals surface area contributed by atoms with E-state index in [-0.39, 0.29) is 29.8 Å². The van der Waals surface area contributed by atoms with Crippen LogP contribution in [-0.4, -0.2) is 56.8 Å². The zero-order chi connectivity index (χ0) is 18.8. The van der Waals surface area contributed by atoms with Gasteiger partial charge in [0.15, 0.2) is 0 Å². The van der Waals surface area contributed by atoms with E-state index in [0.29, 0.717) is 12.2 Å². The minimum Gasteiger partial charge on any atom is -0.337 e. The van der Waals surface area contributed by atoms with E-state index in [1.54, 1.807) is 19.3 Å². The van der Waals surface area contributed by atoms with Crippen LogP contribution in [0.25, 0.3) is 0 Å². The molecule has 6 nitrogen and oxygen atoms in total. The number of amides is 2. The van der Waals surface area contributed by atoms with Crippen molar-refractivity contribution >= 4 is 11.8 Å². The number of nitrogens with zero attached hydrogens (tertiary/aromatic N) is 4. The van der Waals surface area contributed by atoms with Crippen LogP contribution in [0.2, 0.25) is 0 Å². The van der Waals surface area contributed by atoms with E-state index < -0.39 is 0 Å². The largest absolute Gasteiger partial charge is 0.337 e. The molecule has 27 heavy (non-hydrogen) atoms. The average molecular weight is 364 g/mol. The Morgan fingerprint density at radius 3 is 2.59 bits per heavy atom. The summed E-state index contributed by atoms with van der Waals surface area (Å²) in [6, 6.07) is 10.2. The molecule has 140 valence electrons. The average Bonchev–Trinajstić information content (AvgIpc) is 2.93. The molecular formula is C21H24N4O2. The normalized spacial score (nSPS) is 25.0. The molecule has 2 saturated heterocycles. The first-order valence-corrected chi connectivity index (χ1v) is 9.56. The lowest BCUT2D eigenvalue weighted by molar-refractivity contribution is -0.131. The SMILES string of the molecule is CC(=O)N1CCCC[C@H]2[C@@H]1[C@H](c1ccccc1)CN2C(=O)c1cnccn1. The molecule has 2 aliphatic rings. The lowest BCUT2D eigenvalue weighted by atomic mass is 9.89. The van der Waals surface area contributed by atoms with Gasteiger partial charge in [0.25, 0.3) is 5.91 Å². The zero-order valence-corrected chi connectivity index (χ0v) is 15.5. The van der Waals surface area contributed by atoms with Gasteiger partial charge >= 0.3 is 0 Å². The summed E-state index contributed by atoms with van der Waals surface area (Å²) >= 11 is 0. The van der Waals surface area contributed by atoms with Crippen LogP contribution < -0.4 is 0 Å².